The summed E-state index contributed by atoms with van der Waals surface area (Å²) >= 11 is 0. The van der Waals surface area contributed by atoms with Crippen molar-refractivity contribution in [2.24, 2.45) is 7.05 Å². The molecule has 2 amide bonds. The highest BCUT2D eigenvalue weighted by atomic mass is 16.2. The average Bonchev–Trinajstić information content (AvgIpc) is 3.13. The van der Waals surface area contributed by atoms with Gasteiger partial charge in [0.05, 0.1) is 24.1 Å². The van der Waals surface area contributed by atoms with Crippen molar-refractivity contribution in [1.29, 1.82) is 0 Å². The van der Waals surface area contributed by atoms with E-state index >= 15 is 0 Å². The van der Waals surface area contributed by atoms with Crippen molar-refractivity contribution in [3.63, 3.8) is 0 Å². The van der Waals surface area contributed by atoms with E-state index in [9.17, 15) is 9.59 Å². The highest BCUT2D eigenvalue weighted by molar-refractivity contribution is 5.76. The molecule has 0 saturated carbocycles. The Morgan fingerprint density at radius 1 is 1.33 bits per heavy atom. The molecular weight excluding hydrogens is 310 g/mol. The molecule has 1 aromatic carbocycles. The summed E-state index contributed by atoms with van der Waals surface area (Å²) in [6.45, 7) is 1.58. The number of urea groups is 1. The van der Waals surface area contributed by atoms with Gasteiger partial charge in [-0.05, 0) is 12.1 Å². The standard InChI is InChI=1S/C15H17N7O2/c1-20-11-5-3-2-4-10(11)17-12(20)8-16-14(23)21-6-7-22-13(9-21)18-19-15(22)24/h2-5H,6-9H2,1H3,(H,16,23)(H,19,24). The summed E-state index contributed by atoms with van der Waals surface area (Å²) < 4.78 is 3.52. The second-order valence-electron chi connectivity index (χ2n) is 5.75. The SMILES string of the molecule is Cn1c(CNC(=O)N2CCn3c(n[nH]c3=O)C2)nc2ccccc21. The molecule has 0 bridgehead atoms. The third-order valence-electron chi connectivity index (χ3n) is 4.33. The van der Waals surface area contributed by atoms with Crippen molar-refractivity contribution in [3.8, 4) is 0 Å². The molecule has 3 aromatic rings. The van der Waals surface area contributed by atoms with Crippen molar-refractivity contribution in [2.45, 2.75) is 19.6 Å². The Bertz CT molecular complexity index is 968. The van der Waals surface area contributed by atoms with Crippen molar-refractivity contribution in [2.75, 3.05) is 6.54 Å². The van der Waals surface area contributed by atoms with E-state index in [1.54, 1.807) is 9.47 Å². The van der Waals surface area contributed by atoms with E-state index in [0.29, 0.717) is 32.0 Å². The third-order valence-corrected chi connectivity index (χ3v) is 4.33. The molecule has 9 heteroatoms. The summed E-state index contributed by atoms with van der Waals surface area (Å²) in [6.07, 6.45) is 0. The van der Waals surface area contributed by atoms with Crippen LogP contribution < -0.4 is 11.0 Å². The number of imidazole rings is 1. The van der Waals surface area contributed by atoms with Crippen LogP contribution in [0.5, 0.6) is 0 Å². The molecule has 2 aromatic heterocycles. The van der Waals surface area contributed by atoms with Gasteiger partial charge in [-0.1, -0.05) is 12.1 Å². The van der Waals surface area contributed by atoms with Crippen LogP contribution >= 0.6 is 0 Å². The third kappa shape index (κ3) is 2.34. The van der Waals surface area contributed by atoms with E-state index in [0.717, 1.165) is 16.9 Å². The predicted octanol–water partition coefficient (Wildman–Crippen LogP) is 0.183. The fraction of sp³-hybridized carbons (Fsp3) is 0.333. The van der Waals surface area contributed by atoms with Gasteiger partial charge in [0.15, 0.2) is 5.82 Å². The second-order valence-corrected chi connectivity index (χ2v) is 5.75. The minimum atomic E-state index is -0.232. The Morgan fingerprint density at radius 2 is 2.17 bits per heavy atom. The number of amides is 2. The Morgan fingerprint density at radius 3 is 3.00 bits per heavy atom. The van der Waals surface area contributed by atoms with Crippen LogP contribution in [0.25, 0.3) is 11.0 Å². The van der Waals surface area contributed by atoms with Crippen molar-refractivity contribution in [1.82, 2.24) is 34.5 Å². The van der Waals surface area contributed by atoms with Gasteiger partial charge in [0.2, 0.25) is 0 Å². The average molecular weight is 327 g/mol. The first-order chi connectivity index (χ1) is 11.6. The summed E-state index contributed by atoms with van der Waals surface area (Å²) in [4.78, 5) is 30.0. The molecule has 124 valence electrons. The zero-order valence-electron chi connectivity index (χ0n) is 13.2. The molecule has 0 fully saturated rings. The number of rotatable bonds is 2. The fourth-order valence-electron chi connectivity index (χ4n) is 2.97. The van der Waals surface area contributed by atoms with Crippen molar-refractivity contribution >= 4 is 17.1 Å². The fourth-order valence-corrected chi connectivity index (χ4v) is 2.97. The van der Waals surface area contributed by atoms with E-state index in [1.807, 2.05) is 35.9 Å². The van der Waals surface area contributed by atoms with Gasteiger partial charge in [0, 0.05) is 20.1 Å². The van der Waals surface area contributed by atoms with Gasteiger partial charge in [0.1, 0.15) is 5.82 Å². The van der Waals surface area contributed by atoms with Gasteiger partial charge >= 0.3 is 11.7 Å². The molecule has 1 aliphatic rings. The number of aryl methyl sites for hydroxylation is 1. The zero-order chi connectivity index (χ0) is 16.7. The summed E-state index contributed by atoms with van der Waals surface area (Å²) in [5.41, 5.74) is 1.70. The van der Waals surface area contributed by atoms with Crippen LogP contribution in [0.3, 0.4) is 0 Å². The normalized spacial score (nSPS) is 14.0. The van der Waals surface area contributed by atoms with E-state index in [-0.39, 0.29) is 11.7 Å². The Balaban J connectivity index is 1.45. The highest BCUT2D eigenvalue weighted by Gasteiger charge is 2.23. The van der Waals surface area contributed by atoms with Crippen LogP contribution in [-0.2, 0) is 26.7 Å². The molecule has 4 rings (SSSR count). The summed E-state index contributed by atoms with van der Waals surface area (Å²) in [7, 11) is 1.93. The number of para-hydroxylation sites is 2. The lowest BCUT2D eigenvalue weighted by Crippen LogP contribution is -2.45. The maximum atomic E-state index is 12.4. The lowest BCUT2D eigenvalue weighted by atomic mass is 10.3. The largest absolute Gasteiger partial charge is 0.343 e. The summed E-state index contributed by atoms with van der Waals surface area (Å²) in [5.74, 6) is 1.36. The molecule has 0 radical (unpaired) electrons. The molecule has 9 nitrogen and oxygen atoms in total. The smallest absolute Gasteiger partial charge is 0.331 e. The number of carbonyl (C=O) groups is 1. The Hall–Kier alpha value is -3.10. The number of H-pyrrole nitrogens is 1. The molecule has 0 unspecified atom stereocenters. The molecule has 2 N–H and O–H groups in total. The topological polar surface area (TPSA) is 101 Å². The van der Waals surface area contributed by atoms with Crippen LogP contribution in [0.15, 0.2) is 29.1 Å². The number of aromatic amines is 1. The number of hydrogen-bond acceptors (Lipinski definition) is 4. The number of aromatic nitrogens is 5. The number of benzene rings is 1. The van der Waals surface area contributed by atoms with Crippen LogP contribution in [-0.4, -0.2) is 41.8 Å². The Kier molecular flexibility index (Phi) is 3.33. The van der Waals surface area contributed by atoms with Gasteiger partial charge in [0.25, 0.3) is 0 Å². The Labute approximate surface area is 136 Å². The molecule has 0 atom stereocenters. The molecule has 3 heterocycles. The van der Waals surface area contributed by atoms with E-state index in [4.69, 9.17) is 0 Å². The number of fused-ring (bicyclic) bond motifs is 2. The molecular formula is C15H17N7O2. The maximum absolute atomic E-state index is 12.4. The van der Waals surface area contributed by atoms with Gasteiger partial charge < -0.3 is 14.8 Å². The zero-order valence-corrected chi connectivity index (χ0v) is 13.2. The molecule has 0 spiro atoms. The first-order valence-electron chi connectivity index (χ1n) is 7.70. The molecule has 24 heavy (non-hydrogen) atoms. The first-order valence-corrected chi connectivity index (χ1v) is 7.70. The number of nitrogens with zero attached hydrogens (tertiary/aromatic N) is 5. The lowest BCUT2D eigenvalue weighted by Gasteiger charge is -2.26. The molecule has 1 aliphatic heterocycles. The predicted molar refractivity (Wildman–Crippen MR) is 86.2 cm³/mol. The first kappa shape index (κ1) is 14.5. The number of nitrogens with one attached hydrogen (secondary N) is 2. The van der Waals surface area contributed by atoms with Crippen LogP contribution in [0.4, 0.5) is 4.79 Å². The van der Waals surface area contributed by atoms with Gasteiger partial charge in [-0.15, -0.1) is 0 Å². The number of carbonyl (C=O) groups excluding carboxylic acids is 1. The summed E-state index contributed by atoms with van der Waals surface area (Å²) in [6, 6.07) is 7.65. The van der Waals surface area contributed by atoms with Gasteiger partial charge in [-0.25, -0.2) is 19.7 Å². The van der Waals surface area contributed by atoms with E-state index in [2.05, 4.69) is 20.5 Å². The quantitative estimate of drug-likeness (QED) is 0.701. The molecule has 0 aliphatic carbocycles. The van der Waals surface area contributed by atoms with Crippen molar-refractivity contribution in [3.05, 3.63) is 46.4 Å². The van der Waals surface area contributed by atoms with Gasteiger partial charge in [-0.3, -0.25) is 4.57 Å². The van der Waals surface area contributed by atoms with E-state index < -0.39 is 0 Å². The second kappa shape index (κ2) is 5.52. The van der Waals surface area contributed by atoms with Crippen molar-refractivity contribution < 1.29 is 4.79 Å². The maximum Gasteiger partial charge on any atom is 0.343 e. The minimum Gasteiger partial charge on any atom is -0.331 e. The number of hydrogen-bond donors (Lipinski definition) is 2. The summed E-state index contributed by atoms with van der Waals surface area (Å²) in [5, 5.41) is 9.23. The van der Waals surface area contributed by atoms with Crippen LogP contribution in [0.2, 0.25) is 0 Å². The van der Waals surface area contributed by atoms with Crippen LogP contribution in [0.1, 0.15) is 11.6 Å². The minimum absolute atomic E-state index is 0.191. The van der Waals surface area contributed by atoms with E-state index in [1.165, 1.54) is 0 Å². The van der Waals surface area contributed by atoms with Crippen LogP contribution in [0, 0.1) is 0 Å². The highest BCUT2D eigenvalue weighted by Crippen LogP contribution is 2.14. The van der Waals surface area contributed by atoms with Gasteiger partial charge in [-0.2, -0.15) is 5.10 Å². The molecule has 0 saturated heterocycles. The lowest BCUT2D eigenvalue weighted by molar-refractivity contribution is 0.181. The monoisotopic (exact) mass is 327 g/mol.